The van der Waals surface area contributed by atoms with Crippen LogP contribution in [-0.4, -0.2) is 7.05 Å². The van der Waals surface area contributed by atoms with Crippen LogP contribution >= 0.6 is 11.6 Å². The van der Waals surface area contributed by atoms with Gasteiger partial charge in [-0.1, -0.05) is 29.8 Å². The molecule has 0 unspecified atom stereocenters. The van der Waals surface area contributed by atoms with Crippen LogP contribution in [0.25, 0.3) is 11.1 Å². The maximum atomic E-state index is 8.91. The predicted molar refractivity (Wildman–Crippen MR) is 74.4 cm³/mol. The van der Waals surface area contributed by atoms with Gasteiger partial charge in [-0.2, -0.15) is 5.26 Å². The molecule has 0 spiro atoms. The van der Waals surface area contributed by atoms with Crippen LogP contribution in [0.1, 0.15) is 11.1 Å². The third-order valence-electron chi connectivity index (χ3n) is 2.74. The summed E-state index contributed by atoms with van der Waals surface area (Å²) in [5.74, 6) is 0. The normalized spacial score (nSPS) is 10.1. The highest BCUT2D eigenvalue weighted by Crippen LogP contribution is 2.25. The van der Waals surface area contributed by atoms with Gasteiger partial charge in [-0.3, -0.25) is 0 Å². The largest absolute Gasteiger partial charge is 0.316 e. The van der Waals surface area contributed by atoms with Crippen molar-refractivity contribution in [3.63, 3.8) is 0 Å². The Hall–Kier alpha value is -1.82. The number of halogens is 1. The zero-order valence-electron chi connectivity index (χ0n) is 10.1. The fraction of sp³-hybridized carbons (Fsp3) is 0.133. The van der Waals surface area contributed by atoms with Gasteiger partial charge < -0.3 is 5.32 Å². The standard InChI is InChI=1S/C15H13ClN2/c1-18-10-14-8-13(5-6-15(14)16)12-4-2-3-11(7-12)9-17/h2-8,18H,10H2,1H3. The molecule has 0 radical (unpaired) electrons. The quantitative estimate of drug-likeness (QED) is 0.911. The molecule has 2 aromatic rings. The fourth-order valence-corrected chi connectivity index (χ4v) is 2.03. The monoisotopic (exact) mass is 256 g/mol. The lowest BCUT2D eigenvalue weighted by Crippen LogP contribution is -2.05. The molecule has 0 aliphatic heterocycles. The van der Waals surface area contributed by atoms with Crippen molar-refractivity contribution < 1.29 is 0 Å². The SMILES string of the molecule is CNCc1cc(-c2cccc(C#N)c2)ccc1Cl. The van der Waals surface area contributed by atoms with Crippen LogP contribution in [0.2, 0.25) is 5.02 Å². The Labute approximate surface area is 112 Å². The Kier molecular flexibility index (Phi) is 3.99. The number of hydrogen-bond donors (Lipinski definition) is 1. The lowest BCUT2D eigenvalue weighted by Gasteiger charge is -2.08. The van der Waals surface area contributed by atoms with Gasteiger partial charge in [0.15, 0.2) is 0 Å². The third-order valence-corrected chi connectivity index (χ3v) is 3.11. The molecule has 0 amide bonds. The van der Waals surface area contributed by atoms with Crippen molar-refractivity contribution in [1.82, 2.24) is 5.32 Å². The van der Waals surface area contributed by atoms with Crippen LogP contribution in [0, 0.1) is 11.3 Å². The summed E-state index contributed by atoms with van der Waals surface area (Å²) in [6, 6.07) is 15.6. The van der Waals surface area contributed by atoms with E-state index in [0.717, 1.165) is 28.3 Å². The molecule has 0 aliphatic rings. The number of nitrogens with one attached hydrogen (secondary N) is 1. The summed E-state index contributed by atoms with van der Waals surface area (Å²) in [6.45, 7) is 0.727. The highest BCUT2D eigenvalue weighted by Gasteiger charge is 2.04. The van der Waals surface area contributed by atoms with Crippen molar-refractivity contribution in [1.29, 1.82) is 5.26 Å². The van der Waals surface area contributed by atoms with Gasteiger partial charge in [0.05, 0.1) is 11.6 Å². The molecule has 0 aliphatic carbocycles. The highest BCUT2D eigenvalue weighted by molar-refractivity contribution is 6.31. The van der Waals surface area contributed by atoms with Crippen molar-refractivity contribution in [3.05, 3.63) is 58.6 Å². The van der Waals surface area contributed by atoms with Crippen LogP contribution in [0.4, 0.5) is 0 Å². The topological polar surface area (TPSA) is 35.8 Å². The molecule has 0 fully saturated rings. The van der Waals surface area contributed by atoms with E-state index < -0.39 is 0 Å². The molecule has 90 valence electrons. The minimum absolute atomic E-state index is 0.664. The first kappa shape index (κ1) is 12.6. The van der Waals surface area contributed by atoms with Gasteiger partial charge in [-0.05, 0) is 48.0 Å². The minimum Gasteiger partial charge on any atom is -0.316 e. The molecule has 2 nitrogen and oxygen atoms in total. The summed E-state index contributed by atoms with van der Waals surface area (Å²) in [6.07, 6.45) is 0. The lowest BCUT2D eigenvalue weighted by atomic mass is 10.0. The van der Waals surface area contributed by atoms with E-state index in [1.165, 1.54) is 0 Å². The predicted octanol–water partition coefficient (Wildman–Crippen LogP) is 3.60. The van der Waals surface area contributed by atoms with Gasteiger partial charge in [0.25, 0.3) is 0 Å². The number of rotatable bonds is 3. The van der Waals surface area contributed by atoms with Crippen molar-refractivity contribution in [2.75, 3.05) is 7.05 Å². The minimum atomic E-state index is 0.664. The second-order valence-corrected chi connectivity index (χ2v) is 4.44. The number of hydrogen-bond acceptors (Lipinski definition) is 2. The molecule has 2 aromatic carbocycles. The van der Waals surface area contributed by atoms with E-state index in [1.807, 2.05) is 37.4 Å². The van der Waals surface area contributed by atoms with Gasteiger partial charge in [0, 0.05) is 11.6 Å². The summed E-state index contributed by atoms with van der Waals surface area (Å²) in [4.78, 5) is 0. The Morgan fingerprint density at radius 3 is 2.67 bits per heavy atom. The van der Waals surface area contributed by atoms with E-state index in [1.54, 1.807) is 6.07 Å². The van der Waals surface area contributed by atoms with Gasteiger partial charge >= 0.3 is 0 Å². The van der Waals surface area contributed by atoms with Crippen molar-refractivity contribution in [2.45, 2.75) is 6.54 Å². The van der Waals surface area contributed by atoms with Crippen LogP contribution in [0.3, 0.4) is 0 Å². The van der Waals surface area contributed by atoms with Crippen LogP contribution in [0.15, 0.2) is 42.5 Å². The average molecular weight is 257 g/mol. The maximum absolute atomic E-state index is 8.91. The first-order valence-corrected chi connectivity index (χ1v) is 6.06. The van der Waals surface area contributed by atoms with Crippen molar-refractivity contribution in [3.8, 4) is 17.2 Å². The maximum Gasteiger partial charge on any atom is 0.0991 e. The number of nitrogens with zero attached hydrogens (tertiary/aromatic N) is 1. The molecular formula is C15H13ClN2. The highest BCUT2D eigenvalue weighted by atomic mass is 35.5. The second kappa shape index (κ2) is 5.68. The second-order valence-electron chi connectivity index (χ2n) is 4.03. The first-order valence-electron chi connectivity index (χ1n) is 5.68. The van der Waals surface area contributed by atoms with Crippen molar-refractivity contribution in [2.24, 2.45) is 0 Å². The molecule has 0 heterocycles. The Morgan fingerprint density at radius 1 is 1.17 bits per heavy atom. The van der Waals surface area contributed by atoms with Gasteiger partial charge in [0.1, 0.15) is 0 Å². The van der Waals surface area contributed by atoms with E-state index in [0.29, 0.717) is 5.56 Å². The van der Waals surface area contributed by atoms with Crippen LogP contribution in [0.5, 0.6) is 0 Å². The Balaban J connectivity index is 2.44. The number of nitriles is 1. The molecule has 1 N–H and O–H groups in total. The third kappa shape index (κ3) is 2.70. The van der Waals surface area contributed by atoms with Crippen LogP contribution in [-0.2, 0) is 6.54 Å². The fourth-order valence-electron chi connectivity index (χ4n) is 1.85. The van der Waals surface area contributed by atoms with E-state index in [2.05, 4.69) is 17.5 Å². The summed E-state index contributed by atoms with van der Waals surface area (Å²) < 4.78 is 0. The Bertz CT molecular complexity index is 600. The van der Waals surface area contributed by atoms with Gasteiger partial charge in [-0.25, -0.2) is 0 Å². The molecule has 2 rings (SSSR count). The van der Waals surface area contributed by atoms with Gasteiger partial charge in [0.2, 0.25) is 0 Å². The summed E-state index contributed by atoms with van der Waals surface area (Å²) in [5, 5.41) is 12.8. The summed E-state index contributed by atoms with van der Waals surface area (Å²) in [7, 11) is 1.89. The van der Waals surface area contributed by atoms with Gasteiger partial charge in [-0.15, -0.1) is 0 Å². The average Bonchev–Trinajstić information content (AvgIpc) is 2.41. The molecule has 0 saturated carbocycles. The summed E-state index contributed by atoms with van der Waals surface area (Å²) in [5.41, 5.74) is 3.82. The molecule has 0 aromatic heterocycles. The van der Waals surface area contributed by atoms with Crippen LogP contribution < -0.4 is 5.32 Å². The van der Waals surface area contributed by atoms with E-state index in [9.17, 15) is 0 Å². The Morgan fingerprint density at radius 2 is 1.94 bits per heavy atom. The first-order chi connectivity index (χ1) is 8.74. The van der Waals surface area contributed by atoms with Crippen molar-refractivity contribution >= 4 is 11.6 Å². The molecule has 0 atom stereocenters. The lowest BCUT2D eigenvalue weighted by molar-refractivity contribution is 0.818. The zero-order chi connectivity index (χ0) is 13.0. The summed E-state index contributed by atoms with van der Waals surface area (Å²) >= 11 is 6.13. The molecule has 3 heteroatoms. The zero-order valence-corrected chi connectivity index (χ0v) is 10.8. The van der Waals surface area contributed by atoms with E-state index in [4.69, 9.17) is 16.9 Å². The molecular weight excluding hydrogens is 244 g/mol. The molecule has 0 saturated heterocycles. The molecule has 0 bridgehead atoms. The van der Waals surface area contributed by atoms with E-state index >= 15 is 0 Å². The molecule has 18 heavy (non-hydrogen) atoms. The smallest absolute Gasteiger partial charge is 0.0991 e. The number of benzene rings is 2. The van der Waals surface area contributed by atoms with E-state index in [-0.39, 0.29) is 0 Å².